The fourth-order valence-corrected chi connectivity index (χ4v) is 5.74. The summed E-state index contributed by atoms with van der Waals surface area (Å²) < 4.78 is 77.3. The standard InChI is InChI=1S/C17H20BrF5N3O3PS/c1-2-29-30(27)17(22,23)15-13(18)10-6-9(11(8-24)26-25)7-12(14(10)31-15)28-5-3-4-16(19,20)21/h6-8,26-27H,2-5,24-25H2,1H3/b11-8-. The van der Waals surface area contributed by atoms with Gasteiger partial charge in [-0.15, -0.1) is 11.3 Å². The second kappa shape index (κ2) is 10.6. The van der Waals surface area contributed by atoms with Crippen LogP contribution in [0.4, 0.5) is 22.0 Å². The molecule has 1 atom stereocenters. The average molecular weight is 552 g/mol. The molecular formula is C17H20BrF5N3O3PS. The molecule has 0 aliphatic rings. The van der Waals surface area contributed by atoms with Crippen LogP contribution in [-0.4, -0.2) is 24.3 Å². The highest BCUT2D eigenvalue weighted by Crippen LogP contribution is 2.61. The zero-order valence-electron chi connectivity index (χ0n) is 16.1. The zero-order chi connectivity index (χ0) is 23.4. The highest BCUT2D eigenvalue weighted by molar-refractivity contribution is 9.10. The van der Waals surface area contributed by atoms with Gasteiger partial charge in [-0.1, -0.05) is 0 Å². The summed E-state index contributed by atoms with van der Waals surface area (Å²) in [6.07, 6.45) is -4.55. The fraction of sp³-hybridized carbons (Fsp3) is 0.412. The molecule has 14 heteroatoms. The van der Waals surface area contributed by atoms with Gasteiger partial charge in [0.15, 0.2) is 0 Å². The Morgan fingerprint density at radius 3 is 2.55 bits per heavy atom. The molecule has 6 nitrogen and oxygen atoms in total. The quantitative estimate of drug-likeness (QED) is 0.102. The number of alkyl halides is 5. The Morgan fingerprint density at radius 2 is 2.00 bits per heavy atom. The molecule has 0 spiro atoms. The van der Waals surface area contributed by atoms with Crippen LogP contribution in [-0.2, 0) is 10.2 Å². The van der Waals surface area contributed by atoms with Crippen molar-refractivity contribution in [2.45, 2.75) is 31.6 Å². The van der Waals surface area contributed by atoms with E-state index in [4.69, 9.17) is 20.8 Å². The molecule has 1 aromatic heterocycles. The summed E-state index contributed by atoms with van der Waals surface area (Å²) in [5, 5.41) is 0.289. The van der Waals surface area contributed by atoms with Crippen LogP contribution in [0.25, 0.3) is 15.8 Å². The molecule has 2 rings (SSSR count). The summed E-state index contributed by atoms with van der Waals surface area (Å²) in [6, 6.07) is 2.95. The van der Waals surface area contributed by atoms with Gasteiger partial charge in [0.2, 0.25) is 8.38 Å². The van der Waals surface area contributed by atoms with E-state index in [-0.39, 0.29) is 45.6 Å². The molecular weight excluding hydrogens is 532 g/mol. The Morgan fingerprint density at radius 1 is 1.32 bits per heavy atom. The molecule has 2 aromatic rings. The van der Waals surface area contributed by atoms with Crippen LogP contribution >= 0.6 is 35.6 Å². The third kappa shape index (κ3) is 6.17. The Bertz CT molecular complexity index is 942. The van der Waals surface area contributed by atoms with Crippen LogP contribution in [0.15, 0.2) is 22.8 Å². The number of fused-ring (bicyclic) bond motifs is 1. The van der Waals surface area contributed by atoms with E-state index >= 15 is 0 Å². The molecule has 0 saturated heterocycles. The first-order valence-corrected chi connectivity index (χ1v) is 11.6. The molecule has 0 radical (unpaired) electrons. The minimum Gasteiger partial charge on any atom is -0.492 e. The van der Waals surface area contributed by atoms with Crippen LogP contribution in [0.2, 0.25) is 0 Å². The van der Waals surface area contributed by atoms with Gasteiger partial charge in [-0.05, 0) is 41.4 Å². The maximum atomic E-state index is 14.8. The van der Waals surface area contributed by atoms with Gasteiger partial charge >= 0.3 is 11.8 Å². The highest BCUT2D eigenvalue weighted by atomic mass is 79.9. The van der Waals surface area contributed by atoms with Crippen molar-refractivity contribution in [2.75, 3.05) is 13.2 Å². The fourth-order valence-electron chi connectivity index (χ4n) is 2.57. The predicted molar refractivity (Wildman–Crippen MR) is 114 cm³/mol. The topological polar surface area (TPSA) is 103 Å². The van der Waals surface area contributed by atoms with Gasteiger partial charge in [0.1, 0.15) is 5.75 Å². The highest BCUT2D eigenvalue weighted by Gasteiger charge is 2.46. The first kappa shape index (κ1) is 26.0. The van der Waals surface area contributed by atoms with E-state index in [0.29, 0.717) is 16.9 Å². The summed E-state index contributed by atoms with van der Waals surface area (Å²) in [6.45, 7) is 1.08. The van der Waals surface area contributed by atoms with E-state index in [0.717, 1.165) is 6.20 Å². The van der Waals surface area contributed by atoms with Crippen LogP contribution < -0.4 is 21.7 Å². The molecule has 0 amide bonds. The molecule has 0 fully saturated rings. The van der Waals surface area contributed by atoms with Crippen molar-refractivity contribution >= 4 is 51.4 Å². The molecule has 0 aliphatic carbocycles. The van der Waals surface area contributed by atoms with Crippen LogP contribution in [0, 0.1) is 0 Å². The number of halogens is 6. The van der Waals surface area contributed by atoms with Crippen LogP contribution in [0.1, 0.15) is 30.2 Å². The number of ether oxygens (including phenoxy) is 1. The number of nitrogens with two attached hydrogens (primary N) is 2. The first-order chi connectivity index (χ1) is 14.5. The van der Waals surface area contributed by atoms with Crippen molar-refractivity contribution in [2.24, 2.45) is 11.6 Å². The molecule has 0 aliphatic heterocycles. The number of hydrogen-bond donors (Lipinski definition) is 4. The minimum atomic E-state index is -4.34. The second-order valence-corrected chi connectivity index (χ2v) is 9.30. The number of nitrogens with one attached hydrogen (secondary N) is 1. The Kier molecular flexibility index (Phi) is 8.88. The number of hydrogen-bond acceptors (Lipinski definition) is 7. The van der Waals surface area contributed by atoms with Crippen molar-refractivity contribution in [3.8, 4) is 5.75 Å². The molecule has 0 saturated carbocycles. The van der Waals surface area contributed by atoms with Gasteiger partial charge in [-0.2, -0.15) is 22.0 Å². The Balaban J connectivity index is 2.54. The summed E-state index contributed by atoms with van der Waals surface area (Å²) in [5.41, 5.74) is 4.79. The number of rotatable bonds is 10. The van der Waals surface area contributed by atoms with E-state index in [1.54, 1.807) is 0 Å². The molecule has 0 bridgehead atoms. The molecule has 1 unspecified atom stereocenters. The Hall–Kier alpha value is -1.24. The smallest absolute Gasteiger partial charge is 0.389 e. The Labute approximate surface area is 188 Å². The minimum absolute atomic E-state index is 0.00543. The van der Waals surface area contributed by atoms with Crippen LogP contribution in [0.3, 0.4) is 0 Å². The SMILES string of the molecule is CCOP(O)C(F)(F)c1sc2c(OCCCC(F)(F)F)cc(/C(=C/N)NN)cc2c1Br. The lowest BCUT2D eigenvalue weighted by molar-refractivity contribution is -0.136. The van der Waals surface area contributed by atoms with Gasteiger partial charge in [-0.3, -0.25) is 5.84 Å². The summed E-state index contributed by atoms with van der Waals surface area (Å²) >= 11 is 3.78. The van der Waals surface area contributed by atoms with Crippen molar-refractivity contribution < 1.29 is 36.1 Å². The molecule has 174 valence electrons. The summed E-state index contributed by atoms with van der Waals surface area (Å²) in [7, 11) is -3.10. The lowest BCUT2D eigenvalue weighted by Crippen LogP contribution is -2.21. The van der Waals surface area contributed by atoms with Gasteiger partial charge in [0, 0.05) is 28.0 Å². The molecule has 1 heterocycles. The van der Waals surface area contributed by atoms with Crippen molar-refractivity contribution in [3.63, 3.8) is 0 Å². The second-order valence-electron chi connectivity index (χ2n) is 6.12. The van der Waals surface area contributed by atoms with E-state index in [9.17, 15) is 26.8 Å². The van der Waals surface area contributed by atoms with Crippen LogP contribution in [0.5, 0.6) is 5.75 Å². The van der Waals surface area contributed by atoms with Crippen molar-refractivity contribution in [3.05, 3.63) is 33.2 Å². The predicted octanol–water partition coefficient (Wildman–Crippen LogP) is 5.50. The van der Waals surface area contributed by atoms with Crippen molar-refractivity contribution in [1.29, 1.82) is 0 Å². The maximum Gasteiger partial charge on any atom is 0.389 e. The maximum absolute atomic E-state index is 14.8. The van der Waals surface area contributed by atoms with Gasteiger partial charge in [-0.25, -0.2) is 0 Å². The van der Waals surface area contributed by atoms with Gasteiger partial charge < -0.3 is 25.3 Å². The van der Waals surface area contributed by atoms with Crippen molar-refractivity contribution in [1.82, 2.24) is 5.43 Å². The number of thiophene rings is 1. The summed E-state index contributed by atoms with van der Waals surface area (Å²) in [4.78, 5) is 9.31. The average Bonchev–Trinajstić information content (AvgIpc) is 3.03. The monoisotopic (exact) mass is 551 g/mol. The zero-order valence-corrected chi connectivity index (χ0v) is 19.4. The first-order valence-electron chi connectivity index (χ1n) is 8.81. The van der Waals surface area contributed by atoms with Gasteiger partial charge in [0.25, 0.3) is 0 Å². The van der Waals surface area contributed by atoms with E-state index in [1.165, 1.54) is 19.1 Å². The number of benzene rings is 1. The lowest BCUT2D eigenvalue weighted by atomic mass is 10.1. The van der Waals surface area contributed by atoms with E-state index in [1.807, 2.05) is 0 Å². The largest absolute Gasteiger partial charge is 0.492 e. The molecule has 1 aromatic carbocycles. The summed E-state index contributed by atoms with van der Waals surface area (Å²) in [5.74, 6) is 5.50. The lowest BCUT2D eigenvalue weighted by Gasteiger charge is -2.20. The molecule has 31 heavy (non-hydrogen) atoms. The number of hydrazine groups is 1. The molecule has 6 N–H and O–H groups in total. The van der Waals surface area contributed by atoms with E-state index < -0.39 is 31.5 Å². The normalized spacial score (nSPS) is 14.2. The third-order valence-corrected chi connectivity index (χ3v) is 7.69. The third-order valence-electron chi connectivity index (χ3n) is 3.95. The van der Waals surface area contributed by atoms with Gasteiger partial charge in [0.05, 0.1) is 28.5 Å². The van der Waals surface area contributed by atoms with E-state index in [2.05, 4.69) is 21.4 Å².